The lowest BCUT2D eigenvalue weighted by molar-refractivity contribution is 0.0360. The topological polar surface area (TPSA) is 24.5 Å². The van der Waals surface area contributed by atoms with Crippen molar-refractivity contribution >= 4 is 0 Å². The number of ether oxygens (including phenoxy) is 1. The zero-order valence-electron chi connectivity index (χ0n) is 15.1. The highest BCUT2D eigenvalue weighted by molar-refractivity contribution is 4.98. The molecule has 1 heterocycles. The number of likely N-dealkylation sites (N-methyl/N-ethyl adjacent to an activating group) is 2. The molecule has 1 fully saturated rings. The molecule has 0 aromatic rings. The molecule has 2 unspecified atom stereocenters. The molecule has 21 heavy (non-hydrogen) atoms. The minimum atomic E-state index is 0.290. The van der Waals surface area contributed by atoms with Gasteiger partial charge in [0.15, 0.2) is 0 Å². The first-order valence-electron chi connectivity index (χ1n) is 9.28. The number of rotatable bonds is 11. The van der Waals surface area contributed by atoms with E-state index in [-0.39, 0.29) is 5.54 Å². The second-order valence-corrected chi connectivity index (χ2v) is 6.31. The Balaban J connectivity index is 2.79. The van der Waals surface area contributed by atoms with E-state index in [4.69, 9.17) is 4.74 Å². The summed E-state index contributed by atoms with van der Waals surface area (Å²) in [6, 6.07) is 0.571. The van der Waals surface area contributed by atoms with Gasteiger partial charge in [0.25, 0.3) is 0 Å². The van der Waals surface area contributed by atoms with Crippen LogP contribution in [0.4, 0.5) is 0 Å². The predicted octanol–water partition coefficient (Wildman–Crippen LogP) is 3.82. The third-order valence-corrected chi connectivity index (χ3v) is 5.52. The van der Waals surface area contributed by atoms with E-state index >= 15 is 0 Å². The number of nitrogens with zero attached hydrogens (tertiary/aromatic N) is 1. The van der Waals surface area contributed by atoms with Gasteiger partial charge in [0.1, 0.15) is 0 Å². The predicted molar refractivity (Wildman–Crippen MR) is 91.9 cm³/mol. The van der Waals surface area contributed by atoms with E-state index < -0.39 is 0 Å². The van der Waals surface area contributed by atoms with Crippen LogP contribution >= 0.6 is 0 Å². The Kier molecular flexibility index (Phi) is 8.84. The summed E-state index contributed by atoms with van der Waals surface area (Å²) in [6.07, 6.45) is 7.89. The van der Waals surface area contributed by atoms with Crippen molar-refractivity contribution in [1.29, 1.82) is 0 Å². The fourth-order valence-electron chi connectivity index (χ4n) is 4.30. The van der Waals surface area contributed by atoms with Crippen molar-refractivity contribution in [2.24, 2.45) is 0 Å². The number of hydrogen-bond donors (Lipinski definition) is 1. The van der Waals surface area contributed by atoms with Crippen molar-refractivity contribution in [3.8, 4) is 0 Å². The van der Waals surface area contributed by atoms with Crippen LogP contribution in [0, 0.1) is 0 Å². The summed E-state index contributed by atoms with van der Waals surface area (Å²) in [6.45, 7) is 15.9. The van der Waals surface area contributed by atoms with E-state index in [1.54, 1.807) is 0 Å². The highest BCUT2D eigenvalue weighted by Crippen LogP contribution is 2.31. The standard InChI is InChI=1S/C18H38N2O/c1-6-18(7-2,20(9-4)10-5)17(19-8-3)14-13-16-12-11-15-21-16/h16-17,19H,6-15H2,1-5H3. The first-order chi connectivity index (χ1) is 10.2. The summed E-state index contributed by atoms with van der Waals surface area (Å²) in [5, 5.41) is 3.80. The van der Waals surface area contributed by atoms with Gasteiger partial charge in [-0.15, -0.1) is 0 Å². The van der Waals surface area contributed by atoms with E-state index in [0.717, 1.165) is 26.2 Å². The monoisotopic (exact) mass is 298 g/mol. The summed E-state index contributed by atoms with van der Waals surface area (Å²) in [5.41, 5.74) is 0.290. The average Bonchev–Trinajstić information content (AvgIpc) is 3.03. The van der Waals surface area contributed by atoms with Gasteiger partial charge in [-0.05, 0) is 58.2 Å². The lowest BCUT2D eigenvalue weighted by Gasteiger charge is -2.48. The van der Waals surface area contributed by atoms with Gasteiger partial charge in [0.05, 0.1) is 6.10 Å². The third-order valence-electron chi connectivity index (χ3n) is 5.52. The molecule has 1 N–H and O–H groups in total. The molecule has 3 heteroatoms. The summed E-state index contributed by atoms with van der Waals surface area (Å²) in [7, 11) is 0. The Bertz CT molecular complexity index is 256. The molecular weight excluding hydrogens is 260 g/mol. The molecule has 0 amide bonds. The number of nitrogens with one attached hydrogen (secondary N) is 1. The van der Waals surface area contributed by atoms with E-state index in [2.05, 4.69) is 44.8 Å². The highest BCUT2D eigenvalue weighted by Gasteiger charge is 2.39. The van der Waals surface area contributed by atoms with Crippen molar-refractivity contribution in [2.75, 3.05) is 26.2 Å². The molecule has 2 atom stereocenters. The van der Waals surface area contributed by atoms with E-state index in [0.29, 0.717) is 12.1 Å². The molecule has 0 aromatic carbocycles. The van der Waals surface area contributed by atoms with Crippen molar-refractivity contribution < 1.29 is 4.74 Å². The molecule has 126 valence electrons. The fourth-order valence-corrected chi connectivity index (χ4v) is 4.30. The van der Waals surface area contributed by atoms with E-state index in [1.807, 2.05) is 0 Å². The molecule has 1 aliphatic rings. The molecule has 3 nitrogen and oxygen atoms in total. The Morgan fingerprint density at radius 3 is 2.24 bits per heavy atom. The lowest BCUT2D eigenvalue weighted by Crippen LogP contribution is -2.61. The summed E-state index contributed by atoms with van der Waals surface area (Å²) in [4.78, 5) is 2.68. The van der Waals surface area contributed by atoms with Crippen LogP contribution in [0.1, 0.15) is 73.1 Å². The minimum Gasteiger partial charge on any atom is -0.378 e. The Morgan fingerprint density at radius 2 is 1.81 bits per heavy atom. The van der Waals surface area contributed by atoms with Gasteiger partial charge < -0.3 is 10.1 Å². The highest BCUT2D eigenvalue weighted by atomic mass is 16.5. The van der Waals surface area contributed by atoms with Gasteiger partial charge in [-0.25, -0.2) is 0 Å². The average molecular weight is 299 g/mol. The molecule has 0 aliphatic carbocycles. The molecule has 1 rings (SSSR count). The van der Waals surface area contributed by atoms with Crippen molar-refractivity contribution in [3.63, 3.8) is 0 Å². The van der Waals surface area contributed by atoms with Crippen LogP contribution in [0.25, 0.3) is 0 Å². The van der Waals surface area contributed by atoms with Crippen LogP contribution < -0.4 is 5.32 Å². The second-order valence-electron chi connectivity index (χ2n) is 6.31. The zero-order chi connectivity index (χ0) is 15.7. The molecular formula is C18H38N2O. The maximum absolute atomic E-state index is 5.83. The Hall–Kier alpha value is -0.120. The quantitative estimate of drug-likeness (QED) is 0.627. The summed E-state index contributed by atoms with van der Waals surface area (Å²) < 4.78 is 5.83. The minimum absolute atomic E-state index is 0.290. The molecule has 1 saturated heterocycles. The summed E-state index contributed by atoms with van der Waals surface area (Å²) >= 11 is 0. The van der Waals surface area contributed by atoms with Gasteiger partial charge in [-0.2, -0.15) is 0 Å². The maximum Gasteiger partial charge on any atom is 0.0576 e. The van der Waals surface area contributed by atoms with Crippen molar-refractivity contribution in [3.05, 3.63) is 0 Å². The van der Waals surface area contributed by atoms with Crippen LogP contribution in [-0.4, -0.2) is 48.8 Å². The first-order valence-corrected chi connectivity index (χ1v) is 9.28. The van der Waals surface area contributed by atoms with E-state index in [1.165, 1.54) is 38.5 Å². The molecule has 0 radical (unpaired) electrons. The van der Waals surface area contributed by atoms with Gasteiger partial charge in [0.2, 0.25) is 0 Å². The Morgan fingerprint density at radius 1 is 1.14 bits per heavy atom. The van der Waals surface area contributed by atoms with Crippen molar-refractivity contribution in [2.45, 2.75) is 90.8 Å². The van der Waals surface area contributed by atoms with Crippen LogP contribution in [0.15, 0.2) is 0 Å². The van der Waals surface area contributed by atoms with Crippen LogP contribution in [-0.2, 0) is 4.74 Å². The maximum atomic E-state index is 5.83. The van der Waals surface area contributed by atoms with Gasteiger partial charge in [0, 0.05) is 18.2 Å². The molecule has 0 saturated carbocycles. The SMILES string of the molecule is CCNC(CCC1CCCO1)C(CC)(CC)N(CC)CC. The van der Waals surface area contributed by atoms with Gasteiger partial charge >= 0.3 is 0 Å². The third kappa shape index (κ3) is 4.67. The normalized spacial score (nSPS) is 21.1. The van der Waals surface area contributed by atoms with Crippen LogP contribution in [0.5, 0.6) is 0 Å². The van der Waals surface area contributed by atoms with Gasteiger partial charge in [-0.1, -0.05) is 34.6 Å². The summed E-state index contributed by atoms with van der Waals surface area (Å²) in [5.74, 6) is 0. The largest absolute Gasteiger partial charge is 0.378 e. The van der Waals surface area contributed by atoms with Crippen molar-refractivity contribution in [1.82, 2.24) is 10.2 Å². The molecule has 0 bridgehead atoms. The zero-order valence-corrected chi connectivity index (χ0v) is 15.1. The smallest absolute Gasteiger partial charge is 0.0576 e. The van der Waals surface area contributed by atoms with Crippen LogP contribution in [0.3, 0.4) is 0 Å². The Labute approximate surface area is 132 Å². The van der Waals surface area contributed by atoms with Crippen LogP contribution in [0.2, 0.25) is 0 Å². The first kappa shape index (κ1) is 18.9. The number of hydrogen-bond acceptors (Lipinski definition) is 3. The molecule has 0 spiro atoms. The molecule has 0 aromatic heterocycles. The van der Waals surface area contributed by atoms with E-state index in [9.17, 15) is 0 Å². The fraction of sp³-hybridized carbons (Fsp3) is 1.00. The molecule has 1 aliphatic heterocycles. The lowest BCUT2D eigenvalue weighted by atomic mass is 9.79. The second kappa shape index (κ2) is 9.81. The van der Waals surface area contributed by atoms with Gasteiger partial charge in [-0.3, -0.25) is 4.90 Å².